The van der Waals surface area contributed by atoms with Gasteiger partial charge in [-0.05, 0) is 0 Å². The molecule has 0 spiro atoms. The van der Waals surface area contributed by atoms with E-state index in [0.29, 0.717) is 0 Å². The Labute approximate surface area is 482 Å². The highest BCUT2D eigenvalue weighted by molar-refractivity contribution is 5.81. The number of rotatable bonds is 42. The fourth-order valence-corrected chi connectivity index (χ4v) is 4.10. The second kappa shape index (κ2) is 28.2. The Morgan fingerprint density at radius 3 is 0.516 bits per heavy atom. The fourth-order valence-electron chi connectivity index (χ4n) is 4.10. The number of hydrogen-bond acceptors (Lipinski definition) is 21. The smallest absolute Gasteiger partial charge is 0.453 e. The van der Waals surface area contributed by atoms with Gasteiger partial charge in [0.2, 0.25) is 0 Å². The van der Waals surface area contributed by atoms with Crippen LogP contribution in [-0.2, 0) is 71.2 Å². The van der Waals surface area contributed by atoms with Gasteiger partial charge in [-0.25, -0.2) is 57.0 Å². The molecule has 0 aliphatic rings. The molecule has 57 heteroatoms. The molecule has 0 radical (unpaired) electrons. The van der Waals surface area contributed by atoms with Gasteiger partial charge in [-0.1, -0.05) is 19.7 Å². The summed E-state index contributed by atoms with van der Waals surface area (Å²) in [6, 6.07) is -8.25. The number of carbonyl (C=O) groups excluding carboxylic acids is 3. The Hall–Kier alpha value is -6.84. The van der Waals surface area contributed by atoms with Crippen molar-refractivity contribution in [3.63, 3.8) is 0 Å². The number of halogens is 36. The lowest BCUT2D eigenvalue weighted by Gasteiger charge is -2.34. The normalized spacial score (nSPS) is 14.7. The highest BCUT2D eigenvalue weighted by Crippen LogP contribution is 2.52. The third-order valence-electron chi connectivity index (χ3n) is 7.80. The monoisotopic (exact) mass is 1470 g/mol. The standard InChI is InChI=1S/C36H21F36N3O18/c1-4-13(76)79-7-19(37,38)85-25(49,50)31(61,62)91-34(67,68)28(55,56)88-22(43,44)10-82-16-73-17(83-11-23(45,46)89-29(57,58)35(69,70)92-32(63,64)26(51,52)86-20(39,40)8-80-14(77)5-2)75-18(74-16)84-12-24(47,48)90-30(59,60)36(71,72)93-33(65,66)27(53,54)87-21(41,42)9-81-15(78)6-3/h4-6H,1-3,7-12H2. The highest BCUT2D eigenvalue weighted by Gasteiger charge is 2.77. The van der Waals surface area contributed by atoms with E-state index >= 15 is 0 Å². The maximum absolute atomic E-state index is 14.5. The van der Waals surface area contributed by atoms with Gasteiger partial charge in [-0.15, -0.1) is 15.0 Å². The molecular weight excluding hydrogens is 1450 g/mol. The molecule has 540 valence electrons. The van der Waals surface area contributed by atoms with Crippen LogP contribution >= 0.6 is 0 Å². The van der Waals surface area contributed by atoms with E-state index in [1.165, 1.54) is 0 Å². The second-order valence-electron chi connectivity index (χ2n) is 15.4. The molecule has 0 N–H and O–H groups in total. The summed E-state index contributed by atoms with van der Waals surface area (Å²) in [6.07, 6.45) is -129. The molecule has 1 heterocycles. The van der Waals surface area contributed by atoms with Gasteiger partial charge in [-0.3, -0.25) is 0 Å². The summed E-state index contributed by atoms with van der Waals surface area (Å²) in [7, 11) is 0. The maximum atomic E-state index is 14.5. The van der Waals surface area contributed by atoms with Crippen molar-refractivity contribution >= 4 is 17.9 Å². The third-order valence-corrected chi connectivity index (χ3v) is 7.80. The quantitative estimate of drug-likeness (QED) is 0.0256. The van der Waals surface area contributed by atoms with Crippen molar-refractivity contribution in [1.82, 2.24) is 15.0 Å². The summed E-state index contributed by atoms with van der Waals surface area (Å²) in [5.74, 6) is -5.94. The molecule has 1 aromatic rings. The summed E-state index contributed by atoms with van der Waals surface area (Å²) >= 11 is 0. The Bertz CT molecular complexity index is 2460. The first kappa shape index (κ1) is 84.2. The van der Waals surface area contributed by atoms with Gasteiger partial charge in [-0.2, -0.15) is 158 Å². The van der Waals surface area contributed by atoms with Crippen molar-refractivity contribution in [2.24, 2.45) is 0 Å². The first-order chi connectivity index (χ1) is 41.0. The van der Waals surface area contributed by atoms with Crippen LogP contribution in [-0.4, -0.2) is 182 Å². The van der Waals surface area contributed by atoms with Crippen LogP contribution in [0.15, 0.2) is 38.0 Å². The molecule has 0 aromatic carbocycles. The fraction of sp³-hybridized carbons (Fsp3) is 0.667. The van der Waals surface area contributed by atoms with Crippen molar-refractivity contribution in [3.05, 3.63) is 38.0 Å². The minimum atomic E-state index is -7.77. The molecule has 0 saturated carbocycles. The van der Waals surface area contributed by atoms with Gasteiger partial charge in [0.1, 0.15) is 0 Å². The molecule has 0 aliphatic heterocycles. The van der Waals surface area contributed by atoms with Crippen LogP contribution in [0.25, 0.3) is 0 Å². The van der Waals surface area contributed by atoms with Crippen molar-refractivity contribution in [2.75, 3.05) is 39.6 Å². The average Bonchev–Trinajstić information content (AvgIpc) is 0.779. The lowest BCUT2D eigenvalue weighted by atomic mass is 10.5. The van der Waals surface area contributed by atoms with Gasteiger partial charge in [0.15, 0.2) is 39.6 Å². The molecule has 21 nitrogen and oxygen atoms in total. The van der Waals surface area contributed by atoms with Crippen molar-refractivity contribution < 1.29 is 243 Å². The Morgan fingerprint density at radius 1 is 0.247 bits per heavy atom. The van der Waals surface area contributed by atoms with E-state index in [2.05, 4.69) is 91.5 Å². The highest BCUT2D eigenvalue weighted by atomic mass is 19.4. The third kappa shape index (κ3) is 24.5. The van der Waals surface area contributed by atoms with E-state index in [4.69, 9.17) is 0 Å². The van der Waals surface area contributed by atoms with Crippen molar-refractivity contribution in [3.8, 4) is 18.0 Å². The molecule has 93 heavy (non-hydrogen) atoms. The van der Waals surface area contributed by atoms with Crippen LogP contribution in [0.5, 0.6) is 18.0 Å². The molecule has 0 atom stereocenters. The zero-order chi connectivity index (χ0) is 73.6. The average molecular weight is 1470 g/mol. The first-order valence-corrected chi connectivity index (χ1v) is 21.1. The van der Waals surface area contributed by atoms with Gasteiger partial charge in [0.05, 0.1) is 0 Å². The summed E-state index contributed by atoms with van der Waals surface area (Å²) in [5.41, 5.74) is 0. The molecule has 0 fully saturated rings. The molecule has 0 amide bonds. The summed E-state index contributed by atoms with van der Waals surface area (Å²) in [6.45, 7) is -11.7. The number of carbonyl (C=O) groups is 3. The molecular formula is C36H21F36N3O18. The largest absolute Gasteiger partial charge is 0.454 e. The van der Waals surface area contributed by atoms with Gasteiger partial charge in [0, 0.05) is 18.2 Å². The van der Waals surface area contributed by atoms with E-state index in [-0.39, 0.29) is 18.2 Å². The lowest BCUT2D eigenvalue weighted by molar-refractivity contribution is -0.557. The molecule has 0 bridgehead atoms. The Balaban J connectivity index is 3.74. The van der Waals surface area contributed by atoms with Gasteiger partial charge < -0.3 is 28.4 Å². The van der Waals surface area contributed by atoms with Gasteiger partial charge >= 0.3 is 146 Å². The van der Waals surface area contributed by atoms with E-state index in [9.17, 15) is 172 Å². The van der Waals surface area contributed by atoms with Crippen molar-refractivity contribution in [1.29, 1.82) is 0 Å². The van der Waals surface area contributed by atoms with Crippen LogP contribution < -0.4 is 14.2 Å². The van der Waals surface area contributed by atoms with E-state index < -0.39 is 186 Å². The summed E-state index contributed by atoms with van der Waals surface area (Å²) < 4.78 is 543. The van der Waals surface area contributed by atoms with Crippen LogP contribution in [0.1, 0.15) is 0 Å². The molecule has 0 saturated heterocycles. The van der Waals surface area contributed by atoms with Crippen LogP contribution in [0.4, 0.5) is 158 Å². The Morgan fingerprint density at radius 2 is 0.376 bits per heavy atom. The minimum absolute atomic E-state index is 0.0141. The van der Waals surface area contributed by atoms with Gasteiger partial charge in [0.25, 0.3) is 0 Å². The van der Waals surface area contributed by atoms with Crippen LogP contribution in [0.2, 0.25) is 0 Å². The zero-order valence-electron chi connectivity index (χ0n) is 42.4. The maximum Gasteiger partial charge on any atom is 0.453 e. The second-order valence-corrected chi connectivity index (χ2v) is 15.4. The predicted octanol–water partition coefficient (Wildman–Crippen LogP) is 11.0. The van der Waals surface area contributed by atoms with Crippen LogP contribution in [0, 0.1) is 0 Å². The SMILES string of the molecule is C=CC(=O)OCC(F)(F)OC(F)(F)C(F)(F)OC(F)(F)C(F)(F)OC(F)(F)COc1nc(OCC(F)(F)OC(F)(F)C(F)(F)OC(F)(F)C(F)(F)OC(F)(F)COC(=O)C=C)nc(OCC(F)(F)OC(F)(F)C(F)(F)OC(F)(F)C(F)(F)OC(F)(F)COC(=O)C=C)n1. The predicted molar refractivity (Wildman–Crippen MR) is 199 cm³/mol. The first-order valence-electron chi connectivity index (χ1n) is 21.1. The summed E-state index contributed by atoms with van der Waals surface area (Å²) in [5, 5.41) is 0. The molecule has 0 unspecified atom stereocenters. The van der Waals surface area contributed by atoms with Crippen molar-refractivity contribution in [2.45, 2.75) is 110 Å². The van der Waals surface area contributed by atoms with E-state index in [1.807, 2.05) is 0 Å². The topological polar surface area (TPSA) is 228 Å². The summed E-state index contributed by atoms with van der Waals surface area (Å²) in [4.78, 5) is 39.1. The molecule has 1 rings (SSSR count). The van der Waals surface area contributed by atoms with Crippen LogP contribution in [0.3, 0.4) is 0 Å². The zero-order valence-corrected chi connectivity index (χ0v) is 42.4. The molecule has 0 aliphatic carbocycles. The number of alkyl halides is 36. The number of aromatic nitrogens is 3. The molecule has 1 aromatic heterocycles. The van der Waals surface area contributed by atoms with E-state index in [1.54, 1.807) is 14.2 Å². The number of esters is 3. The number of ether oxygens (including phenoxy) is 15. The Kier molecular flexibility index (Phi) is 25.6. The minimum Gasteiger partial charge on any atom is -0.454 e. The number of hydrogen-bond donors (Lipinski definition) is 0. The number of nitrogens with zero attached hydrogens (tertiary/aromatic N) is 3. The van der Waals surface area contributed by atoms with E-state index in [0.717, 1.165) is 0 Å². The lowest BCUT2D eigenvalue weighted by Crippen LogP contribution is -2.58.